The van der Waals surface area contributed by atoms with Crippen molar-refractivity contribution < 1.29 is 0 Å². The van der Waals surface area contributed by atoms with Crippen molar-refractivity contribution in [2.75, 3.05) is 0 Å². The van der Waals surface area contributed by atoms with Crippen molar-refractivity contribution in [1.82, 2.24) is 0 Å². The monoisotopic (exact) mass is 132 g/mol. The summed E-state index contributed by atoms with van der Waals surface area (Å²) in [5, 5.41) is 0. The Morgan fingerprint density at radius 3 is 2.70 bits per heavy atom. The van der Waals surface area contributed by atoms with Crippen molar-refractivity contribution in [3.63, 3.8) is 0 Å². The Bertz CT molecular complexity index is 201. The molecule has 0 N–H and O–H groups in total. The van der Waals surface area contributed by atoms with E-state index in [1.54, 1.807) is 0 Å². The molecule has 0 fully saturated rings. The molecule has 0 saturated carbocycles. The average Bonchev–Trinajstić information content (AvgIpc) is 1.94. The summed E-state index contributed by atoms with van der Waals surface area (Å²) >= 11 is 0. The molecular formula is C10H12. The molecule has 1 rings (SSSR count). The zero-order valence-corrected chi connectivity index (χ0v) is 6.30. The van der Waals surface area contributed by atoms with E-state index >= 15 is 0 Å². The summed E-state index contributed by atoms with van der Waals surface area (Å²) < 4.78 is 0. The zero-order valence-electron chi connectivity index (χ0n) is 6.30. The molecule has 1 aromatic rings. The van der Waals surface area contributed by atoms with Gasteiger partial charge in [0.25, 0.3) is 0 Å². The summed E-state index contributed by atoms with van der Waals surface area (Å²) in [4.78, 5) is 0. The van der Waals surface area contributed by atoms with Gasteiger partial charge < -0.3 is 0 Å². The molecule has 0 spiro atoms. The maximum absolute atomic E-state index is 3.92. The molecule has 0 aliphatic heterocycles. The normalized spacial score (nSPS) is 9.80. The molecule has 0 amide bonds. The van der Waals surface area contributed by atoms with Crippen LogP contribution in [-0.4, -0.2) is 0 Å². The van der Waals surface area contributed by atoms with Crippen LogP contribution in [0.4, 0.5) is 0 Å². The lowest BCUT2D eigenvalue weighted by atomic mass is 10.1. The average molecular weight is 132 g/mol. The molecule has 2 radical (unpaired) electrons. The van der Waals surface area contributed by atoms with Crippen LogP contribution in [0.5, 0.6) is 0 Å². The van der Waals surface area contributed by atoms with Crippen LogP contribution < -0.4 is 0 Å². The highest BCUT2D eigenvalue weighted by atomic mass is 14.0. The van der Waals surface area contributed by atoms with Crippen molar-refractivity contribution in [1.29, 1.82) is 0 Å². The van der Waals surface area contributed by atoms with Crippen molar-refractivity contribution in [2.24, 2.45) is 0 Å². The first-order valence-corrected chi connectivity index (χ1v) is 3.52. The van der Waals surface area contributed by atoms with Gasteiger partial charge in [0.05, 0.1) is 0 Å². The second-order valence-corrected chi connectivity index (χ2v) is 2.38. The maximum Gasteiger partial charge on any atom is -0.0235 e. The molecule has 0 atom stereocenters. The molecule has 0 aliphatic rings. The topological polar surface area (TPSA) is 0 Å². The lowest BCUT2D eigenvalue weighted by Gasteiger charge is -2.00. The lowest BCUT2D eigenvalue weighted by molar-refractivity contribution is 1.13. The first-order chi connectivity index (χ1) is 4.84. The van der Waals surface area contributed by atoms with Crippen LogP contribution in [0.25, 0.3) is 0 Å². The Hall–Kier alpha value is -0.780. The van der Waals surface area contributed by atoms with E-state index < -0.39 is 0 Å². The van der Waals surface area contributed by atoms with Gasteiger partial charge in [0.1, 0.15) is 0 Å². The summed E-state index contributed by atoms with van der Waals surface area (Å²) in [5.74, 6) is 0. The number of benzene rings is 1. The highest BCUT2D eigenvalue weighted by Gasteiger charge is 1.92. The molecule has 0 heterocycles. The van der Waals surface area contributed by atoms with Gasteiger partial charge >= 0.3 is 0 Å². The smallest absolute Gasteiger partial charge is 0.0235 e. The van der Waals surface area contributed by atoms with Crippen LogP contribution >= 0.6 is 0 Å². The number of hydrogen-bond donors (Lipinski definition) is 0. The van der Waals surface area contributed by atoms with Crippen LogP contribution in [0.2, 0.25) is 0 Å². The van der Waals surface area contributed by atoms with Crippen molar-refractivity contribution in [3.05, 3.63) is 48.7 Å². The summed E-state index contributed by atoms with van der Waals surface area (Å²) in [6, 6.07) is 8.22. The van der Waals surface area contributed by atoms with Crippen LogP contribution in [0.1, 0.15) is 18.1 Å². The fraction of sp³-hybridized carbons (Fsp3) is 0.200. The Morgan fingerprint density at radius 1 is 1.40 bits per heavy atom. The summed E-state index contributed by atoms with van der Waals surface area (Å²) in [7, 11) is 0. The molecule has 0 unspecified atom stereocenters. The van der Waals surface area contributed by atoms with E-state index in [0.29, 0.717) is 0 Å². The van der Waals surface area contributed by atoms with Crippen molar-refractivity contribution in [2.45, 2.75) is 13.3 Å². The van der Waals surface area contributed by atoms with Gasteiger partial charge in [0.15, 0.2) is 0 Å². The number of rotatable bonds is 2. The molecule has 0 bridgehead atoms. The molecule has 0 saturated heterocycles. The molecule has 10 heavy (non-hydrogen) atoms. The summed E-state index contributed by atoms with van der Waals surface area (Å²) in [6.07, 6.45) is 3.17. The second-order valence-electron chi connectivity index (χ2n) is 2.38. The largest absolute Gasteiger partial charge is 0.0620 e. The van der Waals surface area contributed by atoms with Gasteiger partial charge in [-0.3, -0.25) is 0 Å². The van der Waals surface area contributed by atoms with Crippen molar-refractivity contribution >= 4 is 0 Å². The SMILES string of the molecule is [CH2]c1ccccc1C[CH]C. The van der Waals surface area contributed by atoms with Gasteiger partial charge in [-0.1, -0.05) is 31.2 Å². The molecule has 0 heteroatoms. The van der Waals surface area contributed by atoms with E-state index in [9.17, 15) is 0 Å². The van der Waals surface area contributed by atoms with Crippen LogP contribution in [0, 0.1) is 13.3 Å². The van der Waals surface area contributed by atoms with Gasteiger partial charge in [-0.25, -0.2) is 0 Å². The lowest BCUT2D eigenvalue weighted by Crippen LogP contribution is -1.86. The molecule has 0 nitrogen and oxygen atoms in total. The maximum atomic E-state index is 3.92. The third-order valence-corrected chi connectivity index (χ3v) is 1.54. The third-order valence-electron chi connectivity index (χ3n) is 1.54. The molecule has 52 valence electrons. The van der Waals surface area contributed by atoms with E-state index in [0.717, 1.165) is 12.0 Å². The zero-order chi connectivity index (χ0) is 7.40. The van der Waals surface area contributed by atoms with Crippen LogP contribution in [-0.2, 0) is 6.42 Å². The van der Waals surface area contributed by atoms with Crippen LogP contribution in [0.3, 0.4) is 0 Å². The van der Waals surface area contributed by atoms with E-state index in [2.05, 4.69) is 26.3 Å². The second kappa shape index (κ2) is 3.40. The molecule has 0 aromatic heterocycles. The summed E-state index contributed by atoms with van der Waals surface area (Å²) in [5.41, 5.74) is 2.46. The minimum absolute atomic E-state index is 1.03. The van der Waals surface area contributed by atoms with E-state index in [-0.39, 0.29) is 0 Å². The first-order valence-electron chi connectivity index (χ1n) is 3.52. The predicted octanol–water partition coefficient (Wildman–Crippen LogP) is 2.64. The Kier molecular flexibility index (Phi) is 2.49. The highest BCUT2D eigenvalue weighted by Crippen LogP contribution is 2.07. The van der Waals surface area contributed by atoms with E-state index in [1.807, 2.05) is 18.2 Å². The third kappa shape index (κ3) is 1.60. The van der Waals surface area contributed by atoms with E-state index in [1.165, 1.54) is 5.56 Å². The van der Waals surface area contributed by atoms with Crippen molar-refractivity contribution in [3.8, 4) is 0 Å². The fourth-order valence-electron chi connectivity index (χ4n) is 0.977. The summed E-state index contributed by atoms with van der Waals surface area (Å²) in [6.45, 7) is 5.98. The minimum Gasteiger partial charge on any atom is -0.0620 e. The Balaban J connectivity index is 2.81. The first kappa shape index (κ1) is 7.33. The van der Waals surface area contributed by atoms with Crippen LogP contribution in [0.15, 0.2) is 24.3 Å². The molecule has 1 aromatic carbocycles. The Morgan fingerprint density at radius 2 is 2.10 bits per heavy atom. The quantitative estimate of drug-likeness (QED) is 0.580. The van der Waals surface area contributed by atoms with Gasteiger partial charge in [-0.2, -0.15) is 0 Å². The van der Waals surface area contributed by atoms with Gasteiger partial charge in [-0.05, 0) is 30.9 Å². The van der Waals surface area contributed by atoms with E-state index in [4.69, 9.17) is 0 Å². The molecule has 0 aliphatic carbocycles. The standard InChI is InChI=1S/C10H12/c1-3-6-10-8-5-4-7-9(10)2/h3-5,7-8H,2,6H2,1H3. The van der Waals surface area contributed by atoms with Gasteiger partial charge in [0.2, 0.25) is 0 Å². The predicted molar refractivity (Wildman–Crippen MR) is 44.6 cm³/mol. The minimum atomic E-state index is 1.03. The fourth-order valence-corrected chi connectivity index (χ4v) is 0.977. The van der Waals surface area contributed by atoms with Gasteiger partial charge in [-0.15, -0.1) is 0 Å². The molecular weight excluding hydrogens is 120 g/mol. The Labute approximate surface area is 62.9 Å². The number of hydrogen-bond acceptors (Lipinski definition) is 0. The van der Waals surface area contributed by atoms with Gasteiger partial charge in [0, 0.05) is 0 Å². The highest BCUT2D eigenvalue weighted by molar-refractivity contribution is 5.30.